The van der Waals surface area contributed by atoms with Crippen molar-refractivity contribution in [3.63, 3.8) is 0 Å². The Labute approximate surface area is 115 Å². The van der Waals surface area contributed by atoms with Crippen LogP contribution < -0.4 is 5.32 Å². The van der Waals surface area contributed by atoms with E-state index in [2.05, 4.69) is 26.1 Å². The van der Waals surface area contributed by atoms with Crippen LogP contribution in [0.3, 0.4) is 0 Å². The summed E-state index contributed by atoms with van der Waals surface area (Å²) in [6, 6.07) is 0. The summed E-state index contributed by atoms with van der Waals surface area (Å²) in [6.45, 7) is 9.30. The number of nitrogens with one attached hydrogen (secondary N) is 1. The molecule has 0 aromatic rings. The van der Waals surface area contributed by atoms with Crippen LogP contribution in [0, 0.1) is 17.8 Å². The zero-order valence-corrected chi connectivity index (χ0v) is 12.3. The van der Waals surface area contributed by atoms with Gasteiger partial charge in [0.25, 0.3) is 5.91 Å². The molecule has 1 aliphatic carbocycles. The largest absolute Gasteiger partial charge is 0.316 e. The monoisotopic (exact) mass is 263 g/mol. The molecule has 4 nitrogen and oxygen atoms in total. The third-order valence-electron chi connectivity index (χ3n) is 4.97. The zero-order valence-electron chi connectivity index (χ0n) is 12.3. The average molecular weight is 263 g/mol. The van der Waals surface area contributed by atoms with E-state index in [0.29, 0.717) is 17.8 Å². The van der Waals surface area contributed by atoms with Gasteiger partial charge in [-0.3, -0.25) is 14.7 Å². The minimum atomic E-state index is -0.408. The summed E-state index contributed by atoms with van der Waals surface area (Å²) in [5.41, 5.74) is -0.408. The molecule has 3 aliphatic rings. The predicted molar refractivity (Wildman–Crippen MR) is 76.1 cm³/mol. The lowest BCUT2D eigenvalue weighted by Crippen LogP contribution is -2.47. The number of hydrogen-bond acceptors (Lipinski definition) is 3. The number of hydrogen-bond donors (Lipinski definition) is 1. The maximum absolute atomic E-state index is 13.0. The molecular weight excluding hydrogens is 238 g/mol. The van der Waals surface area contributed by atoms with Gasteiger partial charge in [-0.2, -0.15) is 0 Å². The van der Waals surface area contributed by atoms with Crippen LogP contribution in [0.2, 0.25) is 0 Å². The SMILES string of the molecule is CCC1=N[C@@]2(CC[C@@H]3CNC[C@@H]32)C(=O)N1CC(C)C. The molecule has 1 saturated carbocycles. The number of carbonyl (C=O) groups excluding carboxylic acids is 1. The molecule has 2 heterocycles. The van der Waals surface area contributed by atoms with Gasteiger partial charge in [-0.1, -0.05) is 20.8 Å². The van der Waals surface area contributed by atoms with Gasteiger partial charge < -0.3 is 5.32 Å². The van der Waals surface area contributed by atoms with Gasteiger partial charge in [0, 0.05) is 25.4 Å². The van der Waals surface area contributed by atoms with Crippen LogP contribution in [0.25, 0.3) is 0 Å². The number of carbonyl (C=O) groups is 1. The molecule has 0 bridgehead atoms. The number of amidine groups is 1. The van der Waals surface area contributed by atoms with E-state index >= 15 is 0 Å². The Morgan fingerprint density at radius 2 is 2.26 bits per heavy atom. The van der Waals surface area contributed by atoms with E-state index in [1.807, 2.05) is 4.90 Å². The lowest BCUT2D eigenvalue weighted by molar-refractivity contribution is -0.132. The second-order valence-electron chi connectivity index (χ2n) is 6.68. The first kappa shape index (κ1) is 13.1. The van der Waals surface area contributed by atoms with Crippen LogP contribution in [-0.4, -0.2) is 41.8 Å². The summed E-state index contributed by atoms with van der Waals surface area (Å²) in [5, 5.41) is 3.44. The number of aliphatic imine (C=N–C) groups is 1. The number of amides is 1. The third kappa shape index (κ3) is 1.83. The van der Waals surface area contributed by atoms with E-state index in [0.717, 1.165) is 44.7 Å². The van der Waals surface area contributed by atoms with Crippen molar-refractivity contribution in [2.75, 3.05) is 19.6 Å². The van der Waals surface area contributed by atoms with E-state index in [-0.39, 0.29) is 5.91 Å². The molecular formula is C15H25N3O. The second-order valence-corrected chi connectivity index (χ2v) is 6.68. The molecule has 1 N–H and O–H groups in total. The number of fused-ring (bicyclic) bond motifs is 2. The van der Waals surface area contributed by atoms with E-state index in [9.17, 15) is 4.79 Å². The summed E-state index contributed by atoms with van der Waals surface area (Å²) in [4.78, 5) is 19.9. The Bertz CT molecular complexity index is 418. The van der Waals surface area contributed by atoms with Crippen molar-refractivity contribution in [1.82, 2.24) is 10.2 Å². The van der Waals surface area contributed by atoms with Gasteiger partial charge in [-0.05, 0) is 31.2 Å². The Kier molecular flexibility index (Phi) is 3.16. The van der Waals surface area contributed by atoms with Crippen molar-refractivity contribution in [3.05, 3.63) is 0 Å². The maximum Gasteiger partial charge on any atom is 0.256 e. The summed E-state index contributed by atoms with van der Waals surface area (Å²) in [7, 11) is 0. The first-order chi connectivity index (χ1) is 9.08. The van der Waals surface area contributed by atoms with Crippen molar-refractivity contribution in [2.24, 2.45) is 22.7 Å². The first-order valence-electron chi connectivity index (χ1n) is 7.70. The summed E-state index contributed by atoms with van der Waals surface area (Å²) >= 11 is 0. The van der Waals surface area contributed by atoms with Crippen LogP contribution in [0.1, 0.15) is 40.0 Å². The highest BCUT2D eigenvalue weighted by Gasteiger charge is 2.59. The predicted octanol–water partition coefficient (Wildman–Crippen LogP) is 1.66. The molecule has 1 saturated heterocycles. The Morgan fingerprint density at radius 1 is 1.47 bits per heavy atom. The number of rotatable bonds is 3. The Hall–Kier alpha value is -0.900. The third-order valence-corrected chi connectivity index (χ3v) is 4.97. The summed E-state index contributed by atoms with van der Waals surface area (Å²) in [6.07, 6.45) is 2.98. The van der Waals surface area contributed by atoms with E-state index in [4.69, 9.17) is 4.99 Å². The minimum absolute atomic E-state index is 0.286. The van der Waals surface area contributed by atoms with Gasteiger partial charge >= 0.3 is 0 Å². The van der Waals surface area contributed by atoms with Crippen LogP contribution in [-0.2, 0) is 4.79 Å². The topological polar surface area (TPSA) is 44.7 Å². The normalized spacial score (nSPS) is 37.6. The van der Waals surface area contributed by atoms with Crippen LogP contribution in [0.15, 0.2) is 4.99 Å². The molecule has 0 aromatic heterocycles. The fourth-order valence-electron chi connectivity index (χ4n) is 4.10. The van der Waals surface area contributed by atoms with Crippen LogP contribution >= 0.6 is 0 Å². The molecule has 19 heavy (non-hydrogen) atoms. The fraction of sp³-hybridized carbons (Fsp3) is 0.867. The maximum atomic E-state index is 13.0. The highest BCUT2D eigenvalue weighted by Crippen LogP contribution is 2.48. The van der Waals surface area contributed by atoms with Crippen molar-refractivity contribution in [2.45, 2.75) is 45.6 Å². The molecule has 3 rings (SSSR count). The Balaban J connectivity index is 1.91. The molecule has 0 radical (unpaired) electrons. The van der Waals surface area contributed by atoms with Crippen molar-refractivity contribution >= 4 is 11.7 Å². The minimum Gasteiger partial charge on any atom is -0.316 e. The lowest BCUT2D eigenvalue weighted by atomic mass is 9.85. The average Bonchev–Trinajstić information content (AvgIpc) is 3.01. The fourth-order valence-corrected chi connectivity index (χ4v) is 4.10. The smallest absolute Gasteiger partial charge is 0.256 e. The first-order valence-corrected chi connectivity index (χ1v) is 7.70. The standard InChI is InChI=1S/C15H25N3O/c1-4-13-17-15(14(19)18(13)9-10(2)3)6-5-11-7-16-8-12(11)15/h10-12,16H,4-9H2,1-3H3/t11-,12+,15-/m1/s1. The zero-order chi connectivity index (χ0) is 13.6. The molecule has 4 heteroatoms. The molecule has 106 valence electrons. The molecule has 0 unspecified atom stereocenters. The second kappa shape index (κ2) is 4.58. The van der Waals surface area contributed by atoms with Crippen LogP contribution in [0.5, 0.6) is 0 Å². The summed E-state index contributed by atoms with van der Waals surface area (Å²) < 4.78 is 0. The van der Waals surface area contributed by atoms with Gasteiger partial charge in [0.05, 0.1) is 0 Å². The lowest BCUT2D eigenvalue weighted by Gasteiger charge is -2.28. The quantitative estimate of drug-likeness (QED) is 0.841. The van der Waals surface area contributed by atoms with Gasteiger partial charge in [0.2, 0.25) is 0 Å². The van der Waals surface area contributed by atoms with Crippen molar-refractivity contribution in [3.8, 4) is 0 Å². The molecule has 1 spiro atoms. The molecule has 2 aliphatic heterocycles. The highest BCUT2D eigenvalue weighted by atomic mass is 16.2. The van der Waals surface area contributed by atoms with Gasteiger partial charge in [-0.25, -0.2) is 0 Å². The van der Waals surface area contributed by atoms with Crippen molar-refractivity contribution < 1.29 is 4.79 Å². The molecule has 1 amide bonds. The van der Waals surface area contributed by atoms with Crippen molar-refractivity contribution in [1.29, 1.82) is 0 Å². The highest BCUT2D eigenvalue weighted by molar-refractivity contribution is 6.08. The van der Waals surface area contributed by atoms with Gasteiger partial charge in [0.15, 0.2) is 0 Å². The van der Waals surface area contributed by atoms with E-state index in [1.54, 1.807) is 0 Å². The molecule has 3 atom stereocenters. The van der Waals surface area contributed by atoms with Gasteiger partial charge in [-0.15, -0.1) is 0 Å². The van der Waals surface area contributed by atoms with E-state index in [1.165, 1.54) is 0 Å². The molecule has 0 aromatic carbocycles. The summed E-state index contributed by atoms with van der Waals surface area (Å²) in [5.74, 6) is 2.89. The van der Waals surface area contributed by atoms with E-state index < -0.39 is 5.54 Å². The number of nitrogens with zero attached hydrogens (tertiary/aromatic N) is 2. The molecule has 2 fully saturated rings. The van der Waals surface area contributed by atoms with Gasteiger partial charge in [0.1, 0.15) is 11.4 Å². The van der Waals surface area contributed by atoms with Crippen LogP contribution in [0.4, 0.5) is 0 Å². The Morgan fingerprint density at radius 3 is 2.95 bits per heavy atom.